The maximum absolute atomic E-state index is 11.3. The van der Waals surface area contributed by atoms with Gasteiger partial charge in [-0.05, 0) is 5.92 Å². The van der Waals surface area contributed by atoms with Crippen LogP contribution in [0, 0.1) is 5.92 Å². The van der Waals surface area contributed by atoms with Gasteiger partial charge in [-0.2, -0.15) is 0 Å². The number of hydrazine groups is 1. The second-order valence-corrected chi connectivity index (χ2v) is 3.68. The van der Waals surface area contributed by atoms with Crippen LogP contribution < -0.4 is 10.7 Å². The Bertz CT molecular complexity index is 231. The van der Waals surface area contributed by atoms with E-state index in [2.05, 4.69) is 10.7 Å². The number of hydrogen-bond acceptors (Lipinski definition) is 3. The zero-order valence-corrected chi connectivity index (χ0v) is 9.57. The molecule has 0 aliphatic carbocycles. The van der Waals surface area contributed by atoms with Gasteiger partial charge >= 0.3 is 12.0 Å². The van der Waals surface area contributed by atoms with Crippen LogP contribution in [0.3, 0.4) is 0 Å². The van der Waals surface area contributed by atoms with Gasteiger partial charge < -0.3 is 10.4 Å². The molecule has 88 valence electrons. The SMILES string of the molecule is CC[C@H](C)[C@H](NC(=O)NN(C)C)C(=O)O. The molecule has 3 N–H and O–H groups in total. The van der Waals surface area contributed by atoms with E-state index in [9.17, 15) is 9.59 Å². The highest BCUT2D eigenvalue weighted by Gasteiger charge is 2.25. The lowest BCUT2D eigenvalue weighted by Gasteiger charge is -2.21. The fourth-order valence-electron chi connectivity index (χ4n) is 1.06. The molecular formula is C9H19N3O3. The third kappa shape index (κ3) is 5.21. The van der Waals surface area contributed by atoms with Crippen LogP contribution in [0.25, 0.3) is 0 Å². The summed E-state index contributed by atoms with van der Waals surface area (Å²) in [4.78, 5) is 22.1. The number of urea groups is 1. The Morgan fingerprint density at radius 2 is 1.93 bits per heavy atom. The minimum atomic E-state index is -1.02. The Balaban J connectivity index is 4.29. The summed E-state index contributed by atoms with van der Waals surface area (Å²) in [6.07, 6.45) is 0.694. The molecular weight excluding hydrogens is 198 g/mol. The smallest absolute Gasteiger partial charge is 0.330 e. The van der Waals surface area contributed by atoms with Gasteiger partial charge in [-0.15, -0.1) is 0 Å². The highest BCUT2D eigenvalue weighted by Crippen LogP contribution is 2.07. The number of nitrogens with one attached hydrogen (secondary N) is 2. The topological polar surface area (TPSA) is 81.7 Å². The van der Waals surface area contributed by atoms with E-state index in [4.69, 9.17) is 5.11 Å². The first-order valence-corrected chi connectivity index (χ1v) is 4.85. The van der Waals surface area contributed by atoms with Crippen molar-refractivity contribution >= 4 is 12.0 Å². The van der Waals surface area contributed by atoms with Gasteiger partial charge in [0.25, 0.3) is 0 Å². The maximum Gasteiger partial charge on any atom is 0.330 e. The third-order valence-electron chi connectivity index (χ3n) is 2.09. The van der Waals surface area contributed by atoms with Gasteiger partial charge in [-0.25, -0.2) is 14.6 Å². The highest BCUT2D eigenvalue weighted by atomic mass is 16.4. The minimum Gasteiger partial charge on any atom is -0.480 e. The molecule has 0 fully saturated rings. The van der Waals surface area contributed by atoms with Crippen LogP contribution in [0.1, 0.15) is 20.3 Å². The molecule has 0 aromatic heterocycles. The largest absolute Gasteiger partial charge is 0.480 e. The van der Waals surface area contributed by atoms with Crippen LogP contribution in [0.4, 0.5) is 4.79 Å². The number of carboxylic acid groups (broad SMARTS) is 1. The summed E-state index contributed by atoms with van der Waals surface area (Å²) >= 11 is 0. The summed E-state index contributed by atoms with van der Waals surface area (Å²) in [6.45, 7) is 3.67. The fraction of sp³-hybridized carbons (Fsp3) is 0.778. The molecule has 0 aromatic carbocycles. The molecule has 0 radical (unpaired) electrons. The van der Waals surface area contributed by atoms with E-state index in [1.165, 1.54) is 5.01 Å². The number of aliphatic carboxylic acids is 1. The average Bonchev–Trinajstić information content (AvgIpc) is 2.11. The molecule has 2 amide bonds. The Labute approximate surface area is 89.6 Å². The van der Waals surface area contributed by atoms with E-state index in [1.807, 2.05) is 6.92 Å². The third-order valence-corrected chi connectivity index (χ3v) is 2.09. The second kappa shape index (κ2) is 6.23. The van der Waals surface area contributed by atoms with Crippen LogP contribution >= 0.6 is 0 Å². The normalized spacial score (nSPS) is 14.5. The lowest BCUT2D eigenvalue weighted by atomic mass is 10.00. The number of rotatable bonds is 5. The first kappa shape index (κ1) is 13.7. The van der Waals surface area contributed by atoms with E-state index in [0.717, 1.165) is 0 Å². The molecule has 0 spiro atoms. The lowest BCUT2D eigenvalue weighted by molar-refractivity contribution is -0.140. The molecule has 0 aromatic rings. The molecule has 0 aliphatic heterocycles. The molecule has 6 nitrogen and oxygen atoms in total. The standard InChI is InChI=1S/C9H19N3O3/c1-5-6(2)7(8(13)14)10-9(15)11-12(3)4/h6-7H,5H2,1-4H3,(H,13,14)(H2,10,11,15)/t6-,7-/m0/s1. The molecule has 2 atom stereocenters. The van der Waals surface area contributed by atoms with Crippen molar-refractivity contribution < 1.29 is 14.7 Å². The zero-order chi connectivity index (χ0) is 12.0. The first-order valence-electron chi connectivity index (χ1n) is 4.85. The molecule has 0 heterocycles. The van der Waals surface area contributed by atoms with Gasteiger partial charge in [0.1, 0.15) is 6.04 Å². The maximum atomic E-state index is 11.3. The summed E-state index contributed by atoms with van der Waals surface area (Å²) in [5.41, 5.74) is 2.43. The van der Waals surface area contributed by atoms with Crippen molar-refractivity contribution in [1.82, 2.24) is 15.8 Å². The summed E-state index contributed by atoms with van der Waals surface area (Å²) in [5, 5.41) is 12.8. The van der Waals surface area contributed by atoms with Gasteiger partial charge in [0, 0.05) is 14.1 Å². The number of hydrogen-bond donors (Lipinski definition) is 3. The number of carbonyl (C=O) groups is 2. The van der Waals surface area contributed by atoms with E-state index in [1.54, 1.807) is 21.0 Å². The van der Waals surface area contributed by atoms with Crippen molar-refractivity contribution in [3.63, 3.8) is 0 Å². The molecule has 15 heavy (non-hydrogen) atoms. The average molecular weight is 217 g/mol. The fourth-order valence-corrected chi connectivity index (χ4v) is 1.06. The van der Waals surface area contributed by atoms with Crippen LogP contribution in [0.15, 0.2) is 0 Å². The molecule has 0 unspecified atom stereocenters. The van der Waals surface area contributed by atoms with Crippen LogP contribution in [-0.2, 0) is 4.79 Å². The van der Waals surface area contributed by atoms with Gasteiger partial charge in [0.05, 0.1) is 0 Å². The number of carboxylic acids is 1. The summed E-state index contributed by atoms with van der Waals surface area (Å²) < 4.78 is 0. The zero-order valence-electron chi connectivity index (χ0n) is 9.57. The van der Waals surface area contributed by atoms with Gasteiger partial charge in [-0.1, -0.05) is 20.3 Å². The van der Waals surface area contributed by atoms with Crippen molar-refractivity contribution in [1.29, 1.82) is 0 Å². The molecule has 0 saturated heterocycles. The molecule has 0 bridgehead atoms. The van der Waals surface area contributed by atoms with Gasteiger partial charge in [0.2, 0.25) is 0 Å². The van der Waals surface area contributed by atoms with Crippen LogP contribution in [0.5, 0.6) is 0 Å². The van der Waals surface area contributed by atoms with Crippen molar-refractivity contribution in [3.05, 3.63) is 0 Å². The van der Waals surface area contributed by atoms with Crippen LogP contribution in [-0.4, -0.2) is 42.3 Å². The molecule has 0 aliphatic rings. The number of carbonyl (C=O) groups excluding carboxylic acids is 1. The van der Waals surface area contributed by atoms with Gasteiger partial charge in [0.15, 0.2) is 0 Å². The van der Waals surface area contributed by atoms with Crippen molar-refractivity contribution in [2.75, 3.05) is 14.1 Å². The Morgan fingerprint density at radius 1 is 1.40 bits per heavy atom. The van der Waals surface area contributed by atoms with Crippen LogP contribution in [0.2, 0.25) is 0 Å². The van der Waals surface area contributed by atoms with E-state index >= 15 is 0 Å². The van der Waals surface area contributed by atoms with Crippen molar-refractivity contribution in [2.45, 2.75) is 26.3 Å². The molecule has 0 saturated carbocycles. The quantitative estimate of drug-likeness (QED) is 0.577. The summed E-state index contributed by atoms with van der Waals surface area (Å²) in [6, 6.07) is -1.36. The first-order chi connectivity index (χ1) is 6.88. The summed E-state index contributed by atoms with van der Waals surface area (Å²) in [7, 11) is 3.30. The van der Waals surface area contributed by atoms with E-state index in [0.29, 0.717) is 6.42 Å². The number of nitrogens with zero attached hydrogens (tertiary/aromatic N) is 1. The monoisotopic (exact) mass is 217 g/mol. The second-order valence-electron chi connectivity index (χ2n) is 3.68. The minimum absolute atomic E-state index is 0.101. The van der Waals surface area contributed by atoms with Gasteiger partial charge in [-0.3, -0.25) is 5.43 Å². The lowest BCUT2D eigenvalue weighted by Crippen LogP contribution is -2.52. The van der Waals surface area contributed by atoms with Crippen molar-refractivity contribution in [2.24, 2.45) is 5.92 Å². The van der Waals surface area contributed by atoms with E-state index in [-0.39, 0.29) is 5.92 Å². The Hall–Kier alpha value is -1.30. The number of amides is 2. The predicted octanol–water partition coefficient (Wildman–Crippen LogP) is 0.262. The Morgan fingerprint density at radius 3 is 2.27 bits per heavy atom. The molecule has 6 heteroatoms. The predicted molar refractivity (Wildman–Crippen MR) is 56.2 cm³/mol. The highest BCUT2D eigenvalue weighted by molar-refractivity contribution is 5.82. The summed E-state index contributed by atoms with van der Waals surface area (Å²) in [5.74, 6) is -1.12. The molecule has 0 rings (SSSR count). The van der Waals surface area contributed by atoms with Crippen molar-refractivity contribution in [3.8, 4) is 0 Å². The van der Waals surface area contributed by atoms with E-state index < -0.39 is 18.0 Å². The Kier molecular flexibility index (Phi) is 5.69.